The third kappa shape index (κ3) is 4.88. The van der Waals surface area contributed by atoms with E-state index in [-0.39, 0.29) is 23.0 Å². The summed E-state index contributed by atoms with van der Waals surface area (Å²) >= 11 is 1.20. The monoisotopic (exact) mass is 457 g/mol. The SMILES string of the molecule is CC(=O)c1ccc(NC(=O)CSc2nc3ccccc3c(=O)n2-c2ccc(C)c(C)c2)cc1. The Morgan fingerprint density at radius 2 is 1.70 bits per heavy atom. The fourth-order valence-electron chi connectivity index (χ4n) is 3.42. The molecule has 6 nitrogen and oxygen atoms in total. The van der Waals surface area contributed by atoms with Crippen LogP contribution in [0.25, 0.3) is 16.6 Å². The lowest BCUT2D eigenvalue weighted by molar-refractivity contribution is -0.113. The van der Waals surface area contributed by atoms with Crippen molar-refractivity contribution >= 4 is 40.0 Å². The van der Waals surface area contributed by atoms with Crippen LogP contribution in [0.4, 0.5) is 5.69 Å². The van der Waals surface area contributed by atoms with E-state index >= 15 is 0 Å². The summed E-state index contributed by atoms with van der Waals surface area (Å²) in [6.07, 6.45) is 0. The van der Waals surface area contributed by atoms with Crippen LogP contribution in [0, 0.1) is 13.8 Å². The molecule has 0 radical (unpaired) electrons. The van der Waals surface area contributed by atoms with E-state index in [1.807, 2.05) is 44.2 Å². The number of carbonyl (C=O) groups excluding carboxylic acids is 2. The number of fused-ring (bicyclic) bond motifs is 1. The summed E-state index contributed by atoms with van der Waals surface area (Å²) in [7, 11) is 0. The molecule has 0 saturated heterocycles. The van der Waals surface area contributed by atoms with Gasteiger partial charge in [0.15, 0.2) is 10.9 Å². The summed E-state index contributed by atoms with van der Waals surface area (Å²) in [4.78, 5) is 42.0. The predicted octanol–water partition coefficient (Wildman–Crippen LogP) is 4.94. The number of hydrogen-bond acceptors (Lipinski definition) is 5. The van der Waals surface area contributed by atoms with Crippen molar-refractivity contribution < 1.29 is 9.59 Å². The number of amides is 1. The third-order valence-electron chi connectivity index (χ3n) is 5.40. The molecule has 0 aliphatic carbocycles. The van der Waals surface area contributed by atoms with Gasteiger partial charge in [0.1, 0.15) is 0 Å². The Kier molecular flexibility index (Phi) is 6.42. The van der Waals surface area contributed by atoms with Crippen LogP contribution in [0.15, 0.2) is 76.7 Å². The van der Waals surface area contributed by atoms with Gasteiger partial charge in [-0.25, -0.2) is 4.98 Å². The molecule has 1 amide bonds. The zero-order chi connectivity index (χ0) is 23.5. The minimum absolute atomic E-state index is 0.0323. The molecule has 0 atom stereocenters. The quantitative estimate of drug-likeness (QED) is 0.252. The van der Waals surface area contributed by atoms with Gasteiger partial charge in [-0.1, -0.05) is 30.0 Å². The number of nitrogens with one attached hydrogen (secondary N) is 1. The molecule has 3 aromatic carbocycles. The summed E-state index contributed by atoms with van der Waals surface area (Å²) in [5.41, 5.74) is 4.50. The molecular formula is C26H23N3O3S. The summed E-state index contributed by atoms with van der Waals surface area (Å²) in [5.74, 6) is -0.191. The van der Waals surface area contributed by atoms with Crippen molar-refractivity contribution in [2.24, 2.45) is 0 Å². The second-order valence-electron chi connectivity index (χ2n) is 7.79. The molecule has 1 N–H and O–H groups in total. The highest BCUT2D eigenvalue weighted by Gasteiger charge is 2.15. The number of hydrogen-bond donors (Lipinski definition) is 1. The first-order chi connectivity index (χ1) is 15.8. The minimum Gasteiger partial charge on any atom is -0.325 e. The lowest BCUT2D eigenvalue weighted by atomic mass is 10.1. The average molecular weight is 458 g/mol. The Bertz CT molecular complexity index is 1430. The highest BCUT2D eigenvalue weighted by atomic mass is 32.2. The van der Waals surface area contributed by atoms with Crippen LogP contribution in [-0.4, -0.2) is 27.0 Å². The van der Waals surface area contributed by atoms with E-state index in [0.29, 0.717) is 33.0 Å². The summed E-state index contributed by atoms with van der Waals surface area (Å²) in [5, 5.41) is 3.79. The van der Waals surface area contributed by atoms with Gasteiger partial charge in [-0.2, -0.15) is 0 Å². The van der Waals surface area contributed by atoms with E-state index in [2.05, 4.69) is 10.3 Å². The standard InChI is InChI=1S/C26H23N3O3S/c1-16-8-13-21(14-17(16)2)29-25(32)22-6-4-5-7-23(22)28-26(29)33-15-24(31)27-20-11-9-19(10-12-20)18(3)30/h4-14H,15H2,1-3H3,(H,27,31). The normalized spacial score (nSPS) is 10.9. The van der Waals surface area contributed by atoms with E-state index in [1.165, 1.54) is 18.7 Å². The molecule has 33 heavy (non-hydrogen) atoms. The maximum atomic E-state index is 13.4. The second-order valence-corrected chi connectivity index (χ2v) is 8.73. The first-order valence-electron chi connectivity index (χ1n) is 10.5. The van der Waals surface area contributed by atoms with E-state index in [1.54, 1.807) is 41.0 Å². The Labute approximate surface area is 195 Å². The maximum Gasteiger partial charge on any atom is 0.266 e. The van der Waals surface area contributed by atoms with Gasteiger partial charge in [-0.15, -0.1) is 0 Å². The number of nitrogens with zero attached hydrogens (tertiary/aromatic N) is 2. The van der Waals surface area contributed by atoms with Gasteiger partial charge >= 0.3 is 0 Å². The summed E-state index contributed by atoms with van der Waals surface area (Å²) in [6.45, 7) is 5.51. The molecule has 166 valence electrons. The van der Waals surface area contributed by atoms with Gasteiger partial charge in [-0.05, 0) is 80.4 Å². The van der Waals surface area contributed by atoms with Crippen LogP contribution in [0.5, 0.6) is 0 Å². The van der Waals surface area contributed by atoms with Crippen molar-refractivity contribution in [2.75, 3.05) is 11.1 Å². The molecule has 0 saturated carbocycles. The fraction of sp³-hybridized carbons (Fsp3) is 0.154. The molecule has 1 aromatic heterocycles. The van der Waals surface area contributed by atoms with Crippen molar-refractivity contribution in [2.45, 2.75) is 25.9 Å². The van der Waals surface area contributed by atoms with Crippen molar-refractivity contribution in [3.63, 3.8) is 0 Å². The van der Waals surface area contributed by atoms with Crippen LogP contribution in [0.3, 0.4) is 0 Å². The number of benzene rings is 3. The first-order valence-corrected chi connectivity index (χ1v) is 11.4. The maximum absolute atomic E-state index is 13.4. The summed E-state index contributed by atoms with van der Waals surface area (Å²) < 4.78 is 1.56. The molecule has 0 unspecified atom stereocenters. The molecule has 1 heterocycles. The average Bonchev–Trinajstić information content (AvgIpc) is 2.80. The Morgan fingerprint density at radius 1 is 0.970 bits per heavy atom. The number of anilines is 1. The van der Waals surface area contributed by atoms with Crippen LogP contribution in [-0.2, 0) is 4.79 Å². The van der Waals surface area contributed by atoms with Gasteiger partial charge in [0, 0.05) is 11.3 Å². The molecule has 4 aromatic rings. The molecule has 0 aliphatic rings. The van der Waals surface area contributed by atoms with Crippen LogP contribution < -0.4 is 10.9 Å². The lowest BCUT2D eigenvalue weighted by Gasteiger charge is -2.14. The number of ketones is 1. The zero-order valence-corrected chi connectivity index (χ0v) is 19.4. The summed E-state index contributed by atoms with van der Waals surface area (Å²) in [6, 6.07) is 19.7. The second kappa shape index (κ2) is 9.42. The van der Waals surface area contributed by atoms with E-state index in [9.17, 15) is 14.4 Å². The minimum atomic E-state index is -0.232. The Hall–Kier alpha value is -3.71. The van der Waals surface area contributed by atoms with Gasteiger partial charge in [0.25, 0.3) is 5.56 Å². The van der Waals surface area contributed by atoms with E-state index < -0.39 is 0 Å². The largest absolute Gasteiger partial charge is 0.325 e. The topological polar surface area (TPSA) is 81.1 Å². The predicted molar refractivity (Wildman–Crippen MR) is 133 cm³/mol. The molecule has 0 bridgehead atoms. The van der Waals surface area contributed by atoms with Crippen LogP contribution in [0.1, 0.15) is 28.4 Å². The molecule has 0 spiro atoms. The first kappa shape index (κ1) is 22.5. The van der Waals surface area contributed by atoms with Crippen molar-refractivity contribution in [1.82, 2.24) is 9.55 Å². The highest BCUT2D eigenvalue weighted by Crippen LogP contribution is 2.23. The van der Waals surface area contributed by atoms with Crippen molar-refractivity contribution in [3.8, 4) is 5.69 Å². The van der Waals surface area contributed by atoms with Crippen molar-refractivity contribution in [1.29, 1.82) is 0 Å². The number of thioether (sulfide) groups is 1. The fourth-order valence-corrected chi connectivity index (χ4v) is 4.23. The smallest absolute Gasteiger partial charge is 0.266 e. The zero-order valence-electron chi connectivity index (χ0n) is 18.6. The number of Topliss-reactive ketones (excluding diaryl/α,β-unsaturated/α-hetero) is 1. The third-order valence-corrected chi connectivity index (χ3v) is 6.34. The molecular weight excluding hydrogens is 434 g/mol. The van der Waals surface area contributed by atoms with Gasteiger partial charge in [0.2, 0.25) is 5.91 Å². The number of rotatable bonds is 6. The lowest BCUT2D eigenvalue weighted by Crippen LogP contribution is -2.23. The van der Waals surface area contributed by atoms with Gasteiger partial charge in [-0.3, -0.25) is 19.0 Å². The van der Waals surface area contributed by atoms with Crippen LogP contribution in [0.2, 0.25) is 0 Å². The van der Waals surface area contributed by atoms with Crippen LogP contribution >= 0.6 is 11.8 Å². The van der Waals surface area contributed by atoms with E-state index in [4.69, 9.17) is 0 Å². The highest BCUT2D eigenvalue weighted by molar-refractivity contribution is 7.99. The Balaban J connectivity index is 1.63. The molecule has 0 fully saturated rings. The number of aryl methyl sites for hydroxylation is 2. The Morgan fingerprint density at radius 3 is 2.39 bits per heavy atom. The van der Waals surface area contributed by atoms with E-state index in [0.717, 1.165) is 11.1 Å². The molecule has 7 heteroatoms. The van der Waals surface area contributed by atoms with Gasteiger partial charge in [0.05, 0.1) is 22.3 Å². The van der Waals surface area contributed by atoms with Gasteiger partial charge < -0.3 is 5.32 Å². The number of para-hydroxylation sites is 1. The molecule has 4 rings (SSSR count). The number of carbonyl (C=O) groups is 2. The molecule has 0 aliphatic heterocycles. The number of aromatic nitrogens is 2. The van der Waals surface area contributed by atoms with Crippen molar-refractivity contribution in [3.05, 3.63) is 93.8 Å².